The van der Waals surface area contributed by atoms with Gasteiger partial charge in [-0.3, -0.25) is 9.78 Å². The molecule has 2 fully saturated rings. The standard InChI is InChI=1S/C33H39FN8O2/c1-22(34)33(43)42-17-16-41(19-23(42)9-12-35)31-26-11-15-40(30-10-13-37-28-8-4-3-7-25(28)30)20-29(26)38-32(27(31)18-36)44-21-24-6-5-14-39(24)2/h10,13,23-24H,1,3-9,11,14-17,19-21H2,2H3/t23-,24-/m0/s1. The Morgan fingerprint density at radius 2 is 1.91 bits per heavy atom. The van der Waals surface area contributed by atoms with Crippen molar-refractivity contribution < 1.29 is 13.9 Å². The maximum Gasteiger partial charge on any atom is 0.282 e. The number of hydrogen-bond acceptors (Lipinski definition) is 9. The molecule has 2 atom stereocenters. The number of amides is 1. The van der Waals surface area contributed by atoms with Crippen molar-refractivity contribution >= 4 is 17.3 Å². The second-order valence-corrected chi connectivity index (χ2v) is 12.3. The number of aryl methyl sites for hydroxylation is 1. The number of rotatable bonds is 7. The van der Waals surface area contributed by atoms with Crippen LogP contribution in [0.2, 0.25) is 0 Å². The van der Waals surface area contributed by atoms with Gasteiger partial charge >= 0.3 is 0 Å². The van der Waals surface area contributed by atoms with Gasteiger partial charge in [-0.15, -0.1) is 0 Å². The van der Waals surface area contributed by atoms with Crippen molar-refractivity contribution in [1.82, 2.24) is 19.8 Å². The Hall–Kier alpha value is -4.22. The molecule has 2 aromatic rings. The van der Waals surface area contributed by atoms with Gasteiger partial charge < -0.3 is 24.3 Å². The number of anilines is 2. The highest BCUT2D eigenvalue weighted by Gasteiger charge is 2.36. The molecule has 44 heavy (non-hydrogen) atoms. The van der Waals surface area contributed by atoms with Crippen LogP contribution in [0.4, 0.5) is 15.8 Å². The van der Waals surface area contributed by atoms with E-state index >= 15 is 0 Å². The molecule has 0 aromatic carbocycles. The quantitative estimate of drug-likeness (QED) is 0.441. The Bertz CT molecular complexity index is 1530. The third kappa shape index (κ3) is 5.69. The Kier molecular flexibility index (Phi) is 8.67. The fraction of sp³-hybridized carbons (Fsp3) is 0.545. The van der Waals surface area contributed by atoms with Crippen LogP contribution in [0, 0.1) is 22.7 Å². The zero-order valence-corrected chi connectivity index (χ0v) is 25.4. The molecule has 0 spiro atoms. The first-order valence-corrected chi connectivity index (χ1v) is 15.7. The smallest absolute Gasteiger partial charge is 0.282 e. The van der Waals surface area contributed by atoms with Crippen molar-refractivity contribution in [2.24, 2.45) is 0 Å². The zero-order valence-electron chi connectivity index (χ0n) is 25.4. The largest absolute Gasteiger partial charge is 0.475 e. The molecule has 2 saturated heterocycles. The molecule has 2 aromatic heterocycles. The van der Waals surface area contributed by atoms with Gasteiger partial charge in [-0.05, 0) is 70.2 Å². The lowest BCUT2D eigenvalue weighted by molar-refractivity contribution is -0.131. The maximum atomic E-state index is 13.9. The van der Waals surface area contributed by atoms with Gasteiger partial charge in [0.1, 0.15) is 18.2 Å². The average molecular weight is 599 g/mol. The van der Waals surface area contributed by atoms with E-state index in [0.29, 0.717) is 44.1 Å². The molecule has 1 aliphatic carbocycles. The third-order valence-corrected chi connectivity index (χ3v) is 9.66. The molecule has 6 rings (SSSR count). The predicted molar refractivity (Wildman–Crippen MR) is 164 cm³/mol. The van der Waals surface area contributed by atoms with E-state index in [1.807, 2.05) is 6.20 Å². The highest BCUT2D eigenvalue weighted by molar-refractivity contribution is 5.91. The minimum absolute atomic E-state index is 0.0446. The molecule has 3 aliphatic heterocycles. The molecule has 4 aliphatic rings. The lowest BCUT2D eigenvalue weighted by atomic mass is 9.92. The third-order valence-electron chi connectivity index (χ3n) is 9.66. The molecule has 0 bridgehead atoms. The van der Waals surface area contributed by atoms with Crippen molar-refractivity contribution in [2.75, 3.05) is 56.2 Å². The summed E-state index contributed by atoms with van der Waals surface area (Å²) in [5.41, 5.74) is 6.72. The number of likely N-dealkylation sites (N-methyl/N-ethyl adjacent to an activating group) is 1. The van der Waals surface area contributed by atoms with Crippen LogP contribution in [0.5, 0.6) is 5.88 Å². The van der Waals surface area contributed by atoms with Crippen LogP contribution in [-0.4, -0.2) is 84.1 Å². The van der Waals surface area contributed by atoms with Crippen LogP contribution < -0.4 is 14.5 Å². The van der Waals surface area contributed by atoms with Crippen LogP contribution in [0.25, 0.3) is 0 Å². The lowest BCUT2D eigenvalue weighted by Crippen LogP contribution is -2.55. The van der Waals surface area contributed by atoms with Gasteiger partial charge in [0.2, 0.25) is 5.88 Å². The van der Waals surface area contributed by atoms with Gasteiger partial charge in [0, 0.05) is 55.4 Å². The van der Waals surface area contributed by atoms with Crippen LogP contribution in [0.1, 0.15) is 60.2 Å². The summed E-state index contributed by atoms with van der Waals surface area (Å²) in [7, 11) is 2.09. The Morgan fingerprint density at radius 3 is 2.66 bits per heavy atom. The number of carbonyl (C=O) groups excluding carboxylic acids is 1. The first kappa shape index (κ1) is 29.8. The number of likely N-dealkylation sites (tertiary alicyclic amines) is 1. The van der Waals surface area contributed by atoms with E-state index in [1.165, 1.54) is 21.8 Å². The molecule has 0 unspecified atom stereocenters. The summed E-state index contributed by atoms with van der Waals surface area (Å²) >= 11 is 0. The number of carbonyl (C=O) groups is 1. The summed E-state index contributed by atoms with van der Waals surface area (Å²) in [4.78, 5) is 30.4. The summed E-state index contributed by atoms with van der Waals surface area (Å²) < 4.78 is 20.2. The number of aromatic nitrogens is 2. The maximum absolute atomic E-state index is 13.9. The SMILES string of the molecule is C=C(F)C(=O)N1CCN(c2c(C#N)c(OC[C@@H]3CCCN3C)nc3c2CCN(c2ccnc4c2CCCC4)C3)C[C@@H]1CC#N. The molecular formula is C33H39FN8O2. The molecular weight excluding hydrogens is 559 g/mol. The van der Waals surface area contributed by atoms with Gasteiger partial charge in [-0.2, -0.15) is 10.5 Å². The van der Waals surface area contributed by atoms with E-state index in [2.05, 4.69) is 51.5 Å². The van der Waals surface area contributed by atoms with Gasteiger partial charge in [-0.25, -0.2) is 9.37 Å². The Morgan fingerprint density at radius 1 is 1.07 bits per heavy atom. The molecule has 1 amide bonds. The summed E-state index contributed by atoms with van der Waals surface area (Å²) in [6.45, 7) is 6.87. The molecule has 0 N–H and O–H groups in total. The van der Waals surface area contributed by atoms with Crippen molar-refractivity contribution in [2.45, 2.75) is 70.0 Å². The number of nitrogens with zero attached hydrogens (tertiary/aromatic N) is 8. The predicted octanol–water partition coefficient (Wildman–Crippen LogP) is 3.68. The number of ether oxygens (including phenoxy) is 1. The summed E-state index contributed by atoms with van der Waals surface area (Å²) in [6, 6.07) is 6.37. The first-order chi connectivity index (χ1) is 21.4. The van der Waals surface area contributed by atoms with E-state index < -0.39 is 17.8 Å². The van der Waals surface area contributed by atoms with Gasteiger partial charge in [0.05, 0.1) is 36.5 Å². The van der Waals surface area contributed by atoms with E-state index in [4.69, 9.17) is 9.72 Å². The minimum atomic E-state index is -1.04. The van der Waals surface area contributed by atoms with Crippen molar-refractivity contribution in [3.63, 3.8) is 0 Å². The summed E-state index contributed by atoms with van der Waals surface area (Å²) in [5.74, 6) is -1.50. The first-order valence-electron chi connectivity index (χ1n) is 15.7. The van der Waals surface area contributed by atoms with E-state index in [0.717, 1.165) is 68.6 Å². The highest BCUT2D eigenvalue weighted by atomic mass is 19.1. The second-order valence-electron chi connectivity index (χ2n) is 12.3. The summed E-state index contributed by atoms with van der Waals surface area (Å²) in [5, 5.41) is 20.1. The normalized spacial score (nSPS) is 21.7. The number of piperazine rings is 1. The summed E-state index contributed by atoms with van der Waals surface area (Å²) in [6.07, 6.45) is 9.11. The van der Waals surface area contributed by atoms with Crippen LogP contribution in [0.15, 0.2) is 24.7 Å². The van der Waals surface area contributed by atoms with Gasteiger partial charge in [0.25, 0.3) is 5.91 Å². The topological polar surface area (TPSA) is 113 Å². The Balaban J connectivity index is 1.37. The molecule has 11 heteroatoms. The fourth-order valence-electron chi connectivity index (χ4n) is 7.32. The van der Waals surface area contributed by atoms with E-state index in [9.17, 15) is 19.7 Å². The molecule has 0 saturated carbocycles. The average Bonchev–Trinajstić information content (AvgIpc) is 3.46. The van der Waals surface area contributed by atoms with E-state index in [1.54, 1.807) is 0 Å². The molecule has 10 nitrogen and oxygen atoms in total. The lowest BCUT2D eigenvalue weighted by Gasteiger charge is -2.43. The van der Waals surface area contributed by atoms with Crippen molar-refractivity contribution in [3.05, 3.63) is 52.7 Å². The monoisotopic (exact) mass is 598 g/mol. The zero-order chi connectivity index (χ0) is 30.8. The number of fused-ring (bicyclic) bond motifs is 2. The second kappa shape index (κ2) is 12.8. The van der Waals surface area contributed by atoms with Crippen LogP contribution in [0.3, 0.4) is 0 Å². The minimum Gasteiger partial charge on any atom is -0.475 e. The van der Waals surface area contributed by atoms with Crippen molar-refractivity contribution in [3.8, 4) is 18.0 Å². The number of pyridine rings is 2. The molecule has 0 radical (unpaired) electrons. The number of hydrogen-bond donors (Lipinski definition) is 0. The van der Waals surface area contributed by atoms with Gasteiger partial charge in [-0.1, -0.05) is 6.58 Å². The Labute approximate surface area is 258 Å². The fourth-order valence-corrected chi connectivity index (χ4v) is 7.32. The number of nitriles is 2. The van der Waals surface area contributed by atoms with Gasteiger partial charge in [0.15, 0.2) is 5.83 Å². The number of halogens is 1. The molecule has 230 valence electrons. The van der Waals surface area contributed by atoms with Crippen LogP contribution in [-0.2, 0) is 30.6 Å². The van der Waals surface area contributed by atoms with E-state index in [-0.39, 0.29) is 19.0 Å². The highest BCUT2D eigenvalue weighted by Crippen LogP contribution is 2.40. The molecule has 5 heterocycles. The van der Waals surface area contributed by atoms with Crippen molar-refractivity contribution in [1.29, 1.82) is 10.5 Å². The van der Waals surface area contributed by atoms with Crippen LogP contribution >= 0.6 is 0 Å².